The second kappa shape index (κ2) is 10.0. The first kappa shape index (κ1) is 24.1. The summed E-state index contributed by atoms with van der Waals surface area (Å²) in [5, 5.41) is 0.394. The van der Waals surface area contributed by atoms with Crippen LogP contribution in [0.25, 0.3) is 0 Å². The van der Waals surface area contributed by atoms with E-state index < -0.39 is 15.8 Å². The Morgan fingerprint density at radius 1 is 0.970 bits per heavy atom. The van der Waals surface area contributed by atoms with E-state index in [4.69, 9.17) is 11.6 Å². The molecule has 0 aromatic heterocycles. The van der Waals surface area contributed by atoms with E-state index in [0.717, 1.165) is 11.6 Å². The zero-order valence-electron chi connectivity index (χ0n) is 18.1. The maximum atomic E-state index is 14.0. The summed E-state index contributed by atoms with van der Waals surface area (Å²) in [7, 11) is -3.92. The van der Waals surface area contributed by atoms with Crippen molar-refractivity contribution in [3.05, 3.63) is 64.7 Å². The fraction of sp³-hybridized carbons (Fsp3) is 0.435. The smallest absolute Gasteiger partial charge is 0.245 e. The first-order chi connectivity index (χ1) is 15.8. The monoisotopic (exact) mass is 497 g/mol. The van der Waals surface area contributed by atoms with Crippen molar-refractivity contribution in [2.75, 3.05) is 39.3 Å². The summed E-state index contributed by atoms with van der Waals surface area (Å²) in [6, 6.07) is 9.71. The van der Waals surface area contributed by atoms with Gasteiger partial charge in [0, 0.05) is 56.8 Å². The van der Waals surface area contributed by atoms with Gasteiger partial charge in [-0.15, -0.1) is 0 Å². The number of piperidine rings is 1. The third-order valence-corrected chi connectivity index (χ3v) is 8.63. The Hall–Kier alpha value is -2.07. The van der Waals surface area contributed by atoms with Gasteiger partial charge in [0.05, 0.1) is 0 Å². The van der Waals surface area contributed by atoms with Crippen LogP contribution in [0.1, 0.15) is 18.4 Å². The molecule has 2 saturated heterocycles. The van der Waals surface area contributed by atoms with Crippen molar-refractivity contribution in [1.29, 1.82) is 0 Å². The Morgan fingerprint density at radius 2 is 1.64 bits per heavy atom. The lowest BCUT2D eigenvalue weighted by Gasteiger charge is -2.38. The number of piperazine rings is 1. The molecular weight excluding hydrogens is 472 g/mol. The largest absolute Gasteiger partial charge is 0.340 e. The molecular formula is C23H26ClF2N3O3S. The average molecular weight is 498 g/mol. The summed E-state index contributed by atoms with van der Waals surface area (Å²) in [4.78, 5) is 16.7. The van der Waals surface area contributed by atoms with Gasteiger partial charge in [0.2, 0.25) is 15.9 Å². The number of carbonyl (C=O) groups excluding carboxylic acids is 1. The maximum Gasteiger partial charge on any atom is 0.245 e. The number of benzene rings is 2. The van der Waals surface area contributed by atoms with E-state index in [9.17, 15) is 22.0 Å². The summed E-state index contributed by atoms with van der Waals surface area (Å²) in [5.41, 5.74) is 0.848. The van der Waals surface area contributed by atoms with Crippen LogP contribution in [0.15, 0.2) is 47.4 Å². The van der Waals surface area contributed by atoms with Crippen LogP contribution in [0.4, 0.5) is 8.78 Å². The SMILES string of the molecule is O=C(C1CCN(S(=O)(=O)c2ccccc2F)CC1)N1CCN(Cc2ccc(F)cc2Cl)CC1. The summed E-state index contributed by atoms with van der Waals surface area (Å²) < 4.78 is 54.0. The molecule has 0 N–H and O–H groups in total. The third-order valence-electron chi connectivity index (χ3n) is 6.35. The van der Waals surface area contributed by atoms with Crippen molar-refractivity contribution in [1.82, 2.24) is 14.1 Å². The van der Waals surface area contributed by atoms with Gasteiger partial charge in [-0.25, -0.2) is 17.2 Å². The summed E-state index contributed by atoms with van der Waals surface area (Å²) in [5.74, 6) is -1.34. The zero-order chi connectivity index (χ0) is 23.6. The predicted molar refractivity (Wildman–Crippen MR) is 121 cm³/mol. The number of nitrogens with zero attached hydrogens (tertiary/aromatic N) is 3. The molecule has 2 aliphatic heterocycles. The highest BCUT2D eigenvalue weighted by Crippen LogP contribution is 2.27. The molecule has 2 aromatic rings. The molecule has 0 atom stereocenters. The van der Waals surface area contributed by atoms with Crippen LogP contribution in [0.2, 0.25) is 5.02 Å². The third kappa shape index (κ3) is 5.37. The van der Waals surface area contributed by atoms with Gasteiger partial charge >= 0.3 is 0 Å². The van der Waals surface area contributed by atoms with Gasteiger partial charge in [-0.3, -0.25) is 9.69 Å². The minimum Gasteiger partial charge on any atom is -0.340 e. The maximum absolute atomic E-state index is 14.0. The average Bonchev–Trinajstić information content (AvgIpc) is 2.81. The Balaban J connectivity index is 1.29. The lowest BCUT2D eigenvalue weighted by molar-refractivity contribution is -0.138. The van der Waals surface area contributed by atoms with Gasteiger partial charge in [-0.2, -0.15) is 4.31 Å². The minimum absolute atomic E-state index is 0.0393. The molecule has 0 saturated carbocycles. The van der Waals surface area contributed by atoms with E-state index in [1.165, 1.54) is 34.6 Å². The van der Waals surface area contributed by atoms with Gasteiger partial charge in [-0.05, 0) is 42.7 Å². The highest BCUT2D eigenvalue weighted by atomic mass is 35.5. The Labute approximate surface area is 197 Å². The van der Waals surface area contributed by atoms with E-state index >= 15 is 0 Å². The molecule has 33 heavy (non-hydrogen) atoms. The summed E-state index contributed by atoms with van der Waals surface area (Å²) in [6.07, 6.45) is 0.829. The first-order valence-corrected chi connectivity index (χ1v) is 12.8. The van der Waals surface area contributed by atoms with E-state index in [0.29, 0.717) is 50.6 Å². The molecule has 6 nitrogen and oxygen atoms in total. The highest BCUT2D eigenvalue weighted by Gasteiger charge is 2.35. The van der Waals surface area contributed by atoms with Crippen molar-refractivity contribution < 1.29 is 22.0 Å². The molecule has 0 unspecified atom stereocenters. The number of amides is 1. The molecule has 4 rings (SSSR count). The minimum atomic E-state index is -3.92. The van der Waals surface area contributed by atoms with Gasteiger partial charge in [0.25, 0.3) is 0 Å². The van der Waals surface area contributed by atoms with Crippen LogP contribution >= 0.6 is 11.6 Å². The molecule has 178 valence electrons. The van der Waals surface area contributed by atoms with E-state index in [1.807, 2.05) is 4.90 Å². The standard InChI is InChI=1S/C23H26ClF2N3O3S/c24-20-15-19(25)6-5-18(20)16-27-11-13-28(14-12-27)23(30)17-7-9-29(10-8-17)33(31,32)22-4-2-1-3-21(22)26/h1-6,15,17H,7-14,16H2. The van der Waals surface area contributed by atoms with Gasteiger partial charge in [-0.1, -0.05) is 29.8 Å². The molecule has 10 heteroatoms. The topological polar surface area (TPSA) is 60.9 Å². The second-order valence-corrected chi connectivity index (χ2v) is 10.8. The summed E-state index contributed by atoms with van der Waals surface area (Å²) in [6.45, 7) is 3.48. The van der Waals surface area contributed by atoms with Gasteiger partial charge in [0.15, 0.2) is 0 Å². The van der Waals surface area contributed by atoms with Gasteiger partial charge < -0.3 is 4.90 Å². The van der Waals surface area contributed by atoms with Crippen LogP contribution in [0.5, 0.6) is 0 Å². The predicted octanol–water partition coefficient (Wildman–Crippen LogP) is 3.36. The van der Waals surface area contributed by atoms with E-state index in [-0.39, 0.29) is 35.6 Å². The normalized spacial score (nSPS) is 19.1. The van der Waals surface area contributed by atoms with E-state index in [1.54, 1.807) is 6.07 Å². The van der Waals surface area contributed by atoms with Crippen LogP contribution in [-0.2, 0) is 21.4 Å². The Bertz CT molecular complexity index is 1120. The number of halogens is 3. The number of carbonyl (C=O) groups is 1. The van der Waals surface area contributed by atoms with Crippen molar-refractivity contribution in [2.45, 2.75) is 24.3 Å². The van der Waals surface area contributed by atoms with Gasteiger partial charge in [0.1, 0.15) is 16.5 Å². The molecule has 0 aliphatic carbocycles. The lowest BCUT2D eigenvalue weighted by atomic mass is 9.96. The highest BCUT2D eigenvalue weighted by molar-refractivity contribution is 7.89. The molecule has 2 aliphatic rings. The molecule has 0 spiro atoms. The molecule has 0 radical (unpaired) electrons. The lowest BCUT2D eigenvalue weighted by Crippen LogP contribution is -2.51. The quantitative estimate of drug-likeness (QED) is 0.635. The number of sulfonamides is 1. The second-order valence-electron chi connectivity index (χ2n) is 8.45. The fourth-order valence-corrected chi connectivity index (χ4v) is 6.17. The summed E-state index contributed by atoms with van der Waals surface area (Å²) >= 11 is 6.12. The molecule has 0 bridgehead atoms. The van der Waals surface area contributed by atoms with Crippen molar-refractivity contribution in [2.24, 2.45) is 5.92 Å². The fourth-order valence-electron chi connectivity index (χ4n) is 4.41. The zero-order valence-corrected chi connectivity index (χ0v) is 19.7. The molecule has 2 heterocycles. The number of hydrogen-bond acceptors (Lipinski definition) is 4. The molecule has 2 aromatic carbocycles. The van der Waals surface area contributed by atoms with Crippen LogP contribution < -0.4 is 0 Å². The van der Waals surface area contributed by atoms with Crippen molar-refractivity contribution >= 4 is 27.5 Å². The Kier molecular flexibility index (Phi) is 7.33. The van der Waals surface area contributed by atoms with Crippen LogP contribution in [0, 0.1) is 17.6 Å². The van der Waals surface area contributed by atoms with Crippen molar-refractivity contribution in [3.8, 4) is 0 Å². The van der Waals surface area contributed by atoms with Crippen molar-refractivity contribution in [3.63, 3.8) is 0 Å². The first-order valence-electron chi connectivity index (χ1n) is 11.0. The Morgan fingerprint density at radius 3 is 2.27 bits per heavy atom. The molecule has 2 fully saturated rings. The number of hydrogen-bond donors (Lipinski definition) is 0. The van der Waals surface area contributed by atoms with Crippen LogP contribution in [-0.4, -0.2) is 67.7 Å². The van der Waals surface area contributed by atoms with Crippen LogP contribution in [0.3, 0.4) is 0 Å². The van der Waals surface area contributed by atoms with E-state index in [2.05, 4.69) is 4.90 Å². The number of rotatable bonds is 5. The molecule has 1 amide bonds.